The molecule has 0 saturated carbocycles. The summed E-state index contributed by atoms with van der Waals surface area (Å²) in [6.07, 6.45) is 4.66. The molecule has 2 aliphatic heterocycles. The number of amides is 1. The van der Waals surface area contributed by atoms with Crippen molar-refractivity contribution in [3.8, 4) is 11.5 Å². The summed E-state index contributed by atoms with van der Waals surface area (Å²) in [6, 6.07) is 7.32. The highest BCUT2D eigenvalue weighted by molar-refractivity contribution is 6.28. The number of halogens is 1. The molecule has 3 heterocycles. The van der Waals surface area contributed by atoms with E-state index in [0.717, 1.165) is 76.5 Å². The molecule has 1 atom stereocenters. The molecular formula is C27H39ClN6O3. The monoisotopic (exact) mass is 530 g/mol. The zero-order chi connectivity index (χ0) is 26.2. The number of aromatic nitrogens is 2. The predicted octanol–water partition coefficient (Wildman–Crippen LogP) is 3.86. The van der Waals surface area contributed by atoms with Crippen LogP contribution in [0.1, 0.15) is 37.8 Å². The van der Waals surface area contributed by atoms with Crippen LogP contribution in [-0.4, -0.2) is 78.7 Å². The van der Waals surface area contributed by atoms with Crippen LogP contribution in [0.25, 0.3) is 0 Å². The number of nitrogens with one attached hydrogen (secondary N) is 1. The number of nitrogens with two attached hydrogens (primary N) is 1. The maximum absolute atomic E-state index is 12.9. The average molecular weight is 531 g/mol. The van der Waals surface area contributed by atoms with Gasteiger partial charge in [-0.2, -0.15) is 0 Å². The second-order valence-corrected chi connectivity index (χ2v) is 10.5. The van der Waals surface area contributed by atoms with Crippen LogP contribution < -0.4 is 20.5 Å². The highest BCUT2D eigenvalue weighted by Gasteiger charge is 2.28. The molecule has 4 rings (SSSR count). The van der Waals surface area contributed by atoms with Crippen molar-refractivity contribution in [2.45, 2.75) is 39.0 Å². The number of nitrogens with zero attached hydrogens (tertiary/aromatic N) is 4. The van der Waals surface area contributed by atoms with Crippen LogP contribution in [0, 0.1) is 18.8 Å². The largest absolute Gasteiger partial charge is 0.493 e. The summed E-state index contributed by atoms with van der Waals surface area (Å²) in [6.45, 7) is 7.99. The van der Waals surface area contributed by atoms with Crippen molar-refractivity contribution in [2.24, 2.45) is 11.8 Å². The molecule has 0 radical (unpaired) electrons. The number of likely N-dealkylation sites (tertiary alicyclic amines) is 2. The van der Waals surface area contributed by atoms with E-state index in [2.05, 4.69) is 25.1 Å². The highest BCUT2D eigenvalue weighted by Crippen LogP contribution is 2.29. The Morgan fingerprint density at radius 2 is 1.92 bits per heavy atom. The molecule has 10 heteroatoms. The number of nitrogen functional groups attached to an aromatic ring is 1. The van der Waals surface area contributed by atoms with Crippen LogP contribution in [0.2, 0.25) is 5.28 Å². The number of carbonyl (C=O) groups excluding carboxylic acids is 1. The third kappa shape index (κ3) is 8.10. The lowest BCUT2D eigenvalue weighted by Crippen LogP contribution is -2.40. The van der Waals surface area contributed by atoms with Crippen LogP contribution >= 0.6 is 11.6 Å². The van der Waals surface area contributed by atoms with Gasteiger partial charge in [-0.3, -0.25) is 4.79 Å². The number of hydrogen-bond acceptors (Lipinski definition) is 8. The van der Waals surface area contributed by atoms with Crippen molar-refractivity contribution < 1.29 is 14.3 Å². The van der Waals surface area contributed by atoms with Crippen LogP contribution in [0.4, 0.5) is 11.5 Å². The lowest BCUT2D eigenvalue weighted by Gasteiger charge is -2.33. The molecule has 1 aromatic carbocycles. The summed E-state index contributed by atoms with van der Waals surface area (Å²) in [5, 5.41) is 3.64. The third-order valence-corrected chi connectivity index (χ3v) is 7.43. The first-order valence-corrected chi connectivity index (χ1v) is 13.6. The van der Waals surface area contributed by atoms with Crippen molar-refractivity contribution in [3.05, 3.63) is 35.2 Å². The number of hydrogen-bond donors (Lipinski definition) is 2. The fourth-order valence-electron chi connectivity index (χ4n) is 5.19. The summed E-state index contributed by atoms with van der Waals surface area (Å²) in [5.41, 5.74) is 7.37. The van der Waals surface area contributed by atoms with Crippen LogP contribution in [-0.2, 0) is 4.79 Å². The molecule has 2 saturated heterocycles. The van der Waals surface area contributed by atoms with E-state index in [1.54, 1.807) is 19.2 Å². The molecule has 202 valence electrons. The van der Waals surface area contributed by atoms with Gasteiger partial charge in [-0.05, 0) is 74.7 Å². The Kier molecular flexibility index (Phi) is 9.68. The number of anilines is 2. The fraction of sp³-hybridized carbons (Fsp3) is 0.593. The second kappa shape index (κ2) is 13.1. The quantitative estimate of drug-likeness (QED) is 0.256. The first-order valence-electron chi connectivity index (χ1n) is 13.2. The normalized spacial score (nSPS) is 18.7. The SMILES string of the molecule is COc1ccc(N)cc1OCCCN1CCC(CC(=O)N2CCC(CNc3cc(C)nc(Cl)n3)CC2)C1. The van der Waals surface area contributed by atoms with Gasteiger partial charge in [0.2, 0.25) is 11.2 Å². The smallest absolute Gasteiger partial charge is 0.224 e. The van der Waals surface area contributed by atoms with Crippen molar-refractivity contribution in [1.82, 2.24) is 19.8 Å². The molecule has 1 unspecified atom stereocenters. The van der Waals surface area contributed by atoms with Gasteiger partial charge in [-0.15, -0.1) is 0 Å². The molecule has 1 aromatic heterocycles. The van der Waals surface area contributed by atoms with Crippen molar-refractivity contribution in [3.63, 3.8) is 0 Å². The van der Waals surface area contributed by atoms with Gasteiger partial charge in [0.1, 0.15) is 5.82 Å². The van der Waals surface area contributed by atoms with Crippen molar-refractivity contribution in [2.75, 3.05) is 64.0 Å². The van der Waals surface area contributed by atoms with E-state index >= 15 is 0 Å². The molecule has 9 nitrogen and oxygen atoms in total. The Morgan fingerprint density at radius 3 is 2.68 bits per heavy atom. The summed E-state index contributed by atoms with van der Waals surface area (Å²) in [5.74, 6) is 3.40. The molecule has 0 aliphatic carbocycles. The zero-order valence-corrected chi connectivity index (χ0v) is 22.7. The molecule has 2 aliphatic rings. The number of methoxy groups -OCH3 is 1. The predicted molar refractivity (Wildman–Crippen MR) is 146 cm³/mol. The van der Waals surface area contributed by atoms with Gasteiger partial charge in [-0.25, -0.2) is 9.97 Å². The zero-order valence-electron chi connectivity index (χ0n) is 21.9. The lowest BCUT2D eigenvalue weighted by molar-refractivity contribution is -0.133. The molecule has 37 heavy (non-hydrogen) atoms. The minimum Gasteiger partial charge on any atom is -0.493 e. The number of ether oxygens (including phenoxy) is 2. The highest BCUT2D eigenvalue weighted by atomic mass is 35.5. The first kappa shape index (κ1) is 27.3. The molecule has 2 fully saturated rings. The van der Waals surface area contributed by atoms with E-state index in [9.17, 15) is 4.79 Å². The van der Waals surface area contributed by atoms with Crippen molar-refractivity contribution in [1.29, 1.82) is 0 Å². The lowest BCUT2D eigenvalue weighted by atomic mass is 9.95. The van der Waals surface area contributed by atoms with Gasteiger partial charge in [0.25, 0.3) is 0 Å². The Morgan fingerprint density at radius 1 is 1.14 bits per heavy atom. The Labute approximate surface area is 224 Å². The van der Waals surface area contributed by atoms with Crippen LogP contribution in [0.3, 0.4) is 0 Å². The van der Waals surface area contributed by atoms with Gasteiger partial charge in [0.15, 0.2) is 11.5 Å². The molecule has 2 aromatic rings. The fourth-order valence-corrected chi connectivity index (χ4v) is 5.42. The minimum atomic E-state index is 0.264. The van der Waals surface area contributed by atoms with Gasteiger partial charge < -0.3 is 30.3 Å². The average Bonchev–Trinajstić information content (AvgIpc) is 3.32. The Hall–Kier alpha value is -2.78. The topological polar surface area (TPSA) is 106 Å². The van der Waals surface area contributed by atoms with Crippen molar-refractivity contribution >= 4 is 29.0 Å². The standard InChI is InChI=1S/C27H39ClN6O3/c1-19-14-25(32-27(28)31-19)30-17-20-7-11-34(12-8-20)26(35)15-21-6-10-33(18-21)9-3-13-37-24-16-22(29)4-5-23(24)36-2/h4-5,14,16,20-21H,3,6-13,15,17-18,29H2,1-2H3,(H,30,31,32). The first-order chi connectivity index (χ1) is 17.9. The summed E-state index contributed by atoms with van der Waals surface area (Å²) in [7, 11) is 1.63. The third-order valence-electron chi connectivity index (χ3n) is 7.26. The van der Waals surface area contributed by atoms with E-state index in [1.165, 1.54) is 0 Å². The van der Waals surface area contributed by atoms with E-state index < -0.39 is 0 Å². The molecule has 3 N–H and O–H groups in total. The van der Waals surface area contributed by atoms with Crippen LogP contribution in [0.15, 0.2) is 24.3 Å². The maximum Gasteiger partial charge on any atom is 0.224 e. The van der Waals surface area contributed by atoms with E-state index in [0.29, 0.717) is 48.0 Å². The Balaban J connectivity index is 1.11. The minimum absolute atomic E-state index is 0.264. The molecule has 0 spiro atoms. The van der Waals surface area contributed by atoms with E-state index in [4.69, 9.17) is 26.8 Å². The van der Waals surface area contributed by atoms with Crippen LogP contribution in [0.5, 0.6) is 11.5 Å². The molecule has 1 amide bonds. The Bertz CT molecular complexity index is 1030. The molecular weight excluding hydrogens is 492 g/mol. The van der Waals surface area contributed by atoms with Gasteiger partial charge in [-0.1, -0.05) is 0 Å². The number of piperidine rings is 1. The van der Waals surface area contributed by atoms with Gasteiger partial charge in [0, 0.05) is 62.7 Å². The summed E-state index contributed by atoms with van der Waals surface area (Å²) >= 11 is 5.95. The van der Waals surface area contributed by atoms with E-state index in [1.807, 2.05) is 19.1 Å². The number of rotatable bonds is 11. The maximum atomic E-state index is 12.9. The van der Waals surface area contributed by atoms with E-state index in [-0.39, 0.29) is 5.28 Å². The number of aryl methyl sites for hydroxylation is 1. The number of benzene rings is 1. The van der Waals surface area contributed by atoms with Gasteiger partial charge in [0.05, 0.1) is 13.7 Å². The molecule has 0 bridgehead atoms. The number of carbonyl (C=O) groups is 1. The van der Waals surface area contributed by atoms with Gasteiger partial charge >= 0.3 is 0 Å². The summed E-state index contributed by atoms with van der Waals surface area (Å²) in [4.78, 5) is 25.8. The summed E-state index contributed by atoms with van der Waals surface area (Å²) < 4.78 is 11.2. The second-order valence-electron chi connectivity index (χ2n) is 10.1.